The maximum atomic E-state index is 6.53. The normalized spacial score (nSPS) is 20.0. The van der Waals surface area contributed by atoms with Crippen LogP contribution in [-0.4, -0.2) is 101 Å². The molecule has 2 heterocycles. The molecule has 4 rings (SSSR count). The van der Waals surface area contributed by atoms with Crippen LogP contribution in [0.4, 0.5) is 0 Å². The molecule has 0 saturated carbocycles. The minimum atomic E-state index is -0.0601. The van der Waals surface area contributed by atoms with E-state index in [1.54, 1.807) is 0 Å². The molecule has 0 spiro atoms. The van der Waals surface area contributed by atoms with E-state index in [1.807, 2.05) is 0 Å². The van der Waals surface area contributed by atoms with Crippen LogP contribution in [0.5, 0.6) is 0 Å². The highest BCUT2D eigenvalue weighted by atomic mass is 16.5. The quantitative estimate of drug-likeness (QED) is 0.300. The van der Waals surface area contributed by atoms with E-state index in [9.17, 15) is 0 Å². The summed E-state index contributed by atoms with van der Waals surface area (Å²) in [6, 6.07) is 12.9. The van der Waals surface area contributed by atoms with Crippen LogP contribution in [0.25, 0.3) is 10.8 Å². The molecule has 0 amide bonds. The molecule has 0 aliphatic carbocycles. The van der Waals surface area contributed by atoms with Crippen molar-refractivity contribution in [1.82, 2.24) is 14.7 Å². The summed E-state index contributed by atoms with van der Waals surface area (Å²) in [5.74, 6) is 0.950. The number of aliphatic imine (C=N–C) groups is 2. The van der Waals surface area contributed by atoms with Gasteiger partial charge in [-0.2, -0.15) is 0 Å². The van der Waals surface area contributed by atoms with Crippen LogP contribution >= 0.6 is 0 Å². The zero-order valence-corrected chi connectivity index (χ0v) is 22.4. The predicted octanol–water partition coefficient (Wildman–Crippen LogP) is 4.14. The van der Waals surface area contributed by atoms with Crippen LogP contribution in [0, 0.1) is 6.92 Å². The molecular weight excluding hydrogens is 450 g/mol. The Bertz CT molecular complexity index is 1100. The van der Waals surface area contributed by atoms with Crippen LogP contribution in [0.15, 0.2) is 57.7 Å². The Balaban J connectivity index is 1.57. The number of fused-ring (bicyclic) bond motifs is 1. The lowest BCUT2D eigenvalue weighted by molar-refractivity contribution is 0.0601. The SMILES string of the molecule is C=NC1=C(/C(=N\COCCCN(C)C)N2CCN(C)CC2)COC(c2cccc3cccc(C)c23)C1. The fraction of sp³-hybridized carbons (Fsp3) is 0.517. The highest BCUT2D eigenvalue weighted by molar-refractivity contribution is 5.99. The minimum absolute atomic E-state index is 0.0601. The van der Waals surface area contributed by atoms with Crippen molar-refractivity contribution in [2.45, 2.75) is 25.9 Å². The fourth-order valence-electron chi connectivity index (χ4n) is 5.07. The number of hydrogen-bond acceptors (Lipinski definition) is 6. The Morgan fingerprint density at radius 1 is 1.14 bits per heavy atom. The van der Waals surface area contributed by atoms with Gasteiger partial charge in [-0.1, -0.05) is 36.4 Å². The molecule has 1 saturated heterocycles. The molecule has 1 fully saturated rings. The number of aryl methyl sites for hydroxylation is 1. The first-order chi connectivity index (χ1) is 17.5. The molecule has 2 aliphatic rings. The van der Waals surface area contributed by atoms with Crippen LogP contribution < -0.4 is 0 Å². The van der Waals surface area contributed by atoms with Gasteiger partial charge in [-0.25, -0.2) is 4.99 Å². The number of piperazine rings is 1. The molecule has 0 N–H and O–H groups in total. The van der Waals surface area contributed by atoms with Gasteiger partial charge in [-0.05, 0) is 69.6 Å². The summed E-state index contributed by atoms with van der Waals surface area (Å²) < 4.78 is 12.4. The van der Waals surface area contributed by atoms with Crippen molar-refractivity contribution >= 4 is 23.3 Å². The van der Waals surface area contributed by atoms with E-state index in [1.165, 1.54) is 21.9 Å². The van der Waals surface area contributed by atoms with Crippen LogP contribution in [0.2, 0.25) is 0 Å². The third-order valence-corrected chi connectivity index (χ3v) is 7.11. The molecule has 0 bridgehead atoms. The Kier molecular flexibility index (Phi) is 9.26. The summed E-state index contributed by atoms with van der Waals surface area (Å²) in [5, 5.41) is 2.51. The minimum Gasteiger partial charge on any atom is -0.368 e. The van der Waals surface area contributed by atoms with E-state index in [0.29, 0.717) is 26.4 Å². The second-order valence-electron chi connectivity index (χ2n) is 10.1. The molecule has 2 aromatic rings. The molecule has 7 heteroatoms. The third kappa shape index (κ3) is 6.40. The Labute approximate surface area is 216 Å². The largest absolute Gasteiger partial charge is 0.368 e. The van der Waals surface area contributed by atoms with Crippen molar-refractivity contribution in [2.75, 3.05) is 73.8 Å². The van der Waals surface area contributed by atoms with Crippen molar-refractivity contribution in [1.29, 1.82) is 0 Å². The van der Waals surface area contributed by atoms with Gasteiger partial charge in [-0.3, -0.25) is 4.99 Å². The molecule has 0 radical (unpaired) electrons. The zero-order valence-electron chi connectivity index (χ0n) is 22.4. The summed E-state index contributed by atoms with van der Waals surface area (Å²) in [6.45, 7) is 12.5. The maximum absolute atomic E-state index is 6.53. The molecule has 0 aromatic heterocycles. The number of likely N-dealkylation sites (N-methyl/N-ethyl adjacent to an activating group) is 1. The molecule has 2 aliphatic heterocycles. The van der Waals surface area contributed by atoms with Gasteiger partial charge in [0.25, 0.3) is 0 Å². The van der Waals surface area contributed by atoms with Crippen molar-refractivity contribution in [2.24, 2.45) is 9.98 Å². The van der Waals surface area contributed by atoms with Gasteiger partial charge in [0.05, 0.1) is 25.0 Å². The topological polar surface area (TPSA) is 52.9 Å². The van der Waals surface area contributed by atoms with Gasteiger partial charge < -0.3 is 24.2 Å². The number of ether oxygens (including phenoxy) is 2. The smallest absolute Gasteiger partial charge is 0.139 e. The molecule has 194 valence electrons. The van der Waals surface area contributed by atoms with Crippen LogP contribution in [0.1, 0.15) is 30.1 Å². The lowest BCUT2D eigenvalue weighted by atomic mass is 9.92. The van der Waals surface area contributed by atoms with Crippen LogP contribution in [-0.2, 0) is 9.47 Å². The van der Waals surface area contributed by atoms with Crippen LogP contribution in [0.3, 0.4) is 0 Å². The van der Waals surface area contributed by atoms with Gasteiger partial charge in [0.1, 0.15) is 12.6 Å². The van der Waals surface area contributed by atoms with Crippen molar-refractivity contribution in [3.63, 3.8) is 0 Å². The van der Waals surface area contributed by atoms with E-state index in [4.69, 9.17) is 14.5 Å². The number of benzene rings is 2. The number of nitrogens with zero attached hydrogens (tertiary/aromatic N) is 5. The number of rotatable bonds is 9. The summed E-state index contributed by atoms with van der Waals surface area (Å²) in [4.78, 5) is 16.3. The van der Waals surface area contributed by atoms with E-state index < -0.39 is 0 Å². The van der Waals surface area contributed by atoms with E-state index in [0.717, 1.165) is 56.3 Å². The molecule has 36 heavy (non-hydrogen) atoms. The standard InChI is InChI=1S/C29H41N5O2/c1-22-9-6-10-23-11-7-12-24(28(22)23)27-19-26(30-2)25(20-36-27)29(34-16-14-33(5)15-17-34)31-21-35-18-8-13-32(3)4/h6-7,9-12,27H,2,8,13-21H2,1,3-5H3/b31-29+. The predicted molar refractivity (Wildman–Crippen MR) is 149 cm³/mol. The lowest BCUT2D eigenvalue weighted by Gasteiger charge is -2.37. The highest BCUT2D eigenvalue weighted by Gasteiger charge is 2.30. The first-order valence-electron chi connectivity index (χ1n) is 13.0. The van der Waals surface area contributed by atoms with Gasteiger partial charge in [0.15, 0.2) is 0 Å². The van der Waals surface area contributed by atoms with E-state index in [2.05, 4.69) is 90.9 Å². The fourth-order valence-corrected chi connectivity index (χ4v) is 5.07. The number of amidine groups is 1. The monoisotopic (exact) mass is 491 g/mol. The zero-order chi connectivity index (χ0) is 25.5. The molecule has 1 atom stereocenters. The van der Waals surface area contributed by atoms with E-state index >= 15 is 0 Å². The van der Waals surface area contributed by atoms with Gasteiger partial charge in [0, 0.05) is 38.2 Å². The summed E-state index contributed by atoms with van der Waals surface area (Å²) in [6.07, 6.45) is 1.61. The van der Waals surface area contributed by atoms with Gasteiger partial charge >= 0.3 is 0 Å². The average molecular weight is 492 g/mol. The third-order valence-electron chi connectivity index (χ3n) is 7.11. The number of hydrogen-bond donors (Lipinski definition) is 0. The Hall–Kier alpha value is -2.58. The Morgan fingerprint density at radius 3 is 2.61 bits per heavy atom. The molecule has 7 nitrogen and oxygen atoms in total. The first-order valence-corrected chi connectivity index (χ1v) is 13.0. The second kappa shape index (κ2) is 12.6. The summed E-state index contributed by atoms with van der Waals surface area (Å²) >= 11 is 0. The Morgan fingerprint density at radius 2 is 1.89 bits per heavy atom. The molecule has 1 unspecified atom stereocenters. The lowest BCUT2D eigenvalue weighted by Crippen LogP contribution is -2.48. The van der Waals surface area contributed by atoms with Crippen molar-refractivity contribution in [3.05, 3.63) is 58.8 Å². The van der Waals surface area contributed by atoms with Gasteiger partial charge in [-0.15, -0.1) is 0 Å². The maximum Gasteiger partial charge on any atom is 0.139 e. The van der Waals surface area contributed by atoms with E-state index in [-0.39, 0.29) is 6.10 Å². The first kappa shape index (κ1) is 26.5. The summed E-state index contributed by atoms with van der Waals surface area (Å²) in [5.41, 5.74) is 4.50. The average Bonchev–Trinajstić information content (AvgIpc) is 2.88. The van der Waals surface area contributed by atoms with Gasteiger partial charge in [0.2, 0.25) is 0 Å². The molecular formula is C29H41N5O2. The second-order valence-corrected chi connectivity index (χ2v) is 10.1. The highest BCUT2D eigenvalue weighted by Crippen LogP contribution is 2.37. The van der Waals surface area contributed by atoms with Crippen molar-refractivity contribution in [3.8, 4) is 0 Å². The molecule has 2 aromatic carbocycles. The summed E-state index contributed by atoms with van der Waals surface area (Å²) in [7, 11) is 6.32. The van der Waals surface area contributed by atoms with Crippen molar-refractivity contribution < 1.29 is 9.47 Å².